The van der Waals surface area contributed by atoms with Gasteiger partial charge in [0.05, 0.1) is 35.6 Å². The first-order chi connectivity index (χ1) is 14.0. The summed E-state index contributed by atoms with van der Waals surface area (Å²) in [6.45, 7) is 1.19. The summed E-state index contributed by atoms with van der Waals surface area (Å²) in [7, 11) is 0. The van der Waals surface area contributed by atoms with Gasteiger partial charge >= 0.3 is 0 Å². The van der Waals surface area contributed by atoms with Crippen molar-refractivity contribution >= 4 is 39.1 Å². The van der Waals surface area contributed by atoms with E-state index in [4.69, 9.17) is 11.6 Å². The first-order valence-electron chi connectivity index (χ1n) is 8.90. The second-order valence-electron chi connectivity index (χ2n) is 6.56. The predicted octanol–water partition coefficient (Wildman–Crippen LogP) is 4.84. The second-order valence-corrected chi connectivity index (χ2v) is 7.92. The van der Waals surface area contributed by atoms with E-state index in [-0.39, 0.29) is 5.91 Å². The minimum atomic E-state index is -0.181. The van der Waals surface area contributed by atoms with Crippen LogP contribution < -0.4 is 5.32 Å². The van der Waals surface area contributed by atoms with Crippen molar-refractivity contribution in [1.82, 2.24) is 19.6 Å². The summed E-state index contributed by atoms with van der Waals surface area (Å²) < 4.78 is 4.49. The summed E-state index contributed by atoms with van der Waals surface area (Å²) in [5.41, 5.74) is 3.30. The zero-order valence-corrected chi connectivity index (χ0v) is 17.6. The number of carbonyl (C=O) groups is 1. The van der Waals surface area contributed by atoms with Crippen LogP contribution in [0.25, 0.3) is 0 Å². The number of carbonyl (C=O) groups excluding carboxylic acids is 1. The van der Waals surface area contributed by atoms with Crippen molar-refractivity contribution in [1.29, 1.82) is 0 Å². The molecule has 8 heteroatoms. The van der Waals surface area contributed by atoms with Gasteiger partial charge in [-0.25, -0.2) is 0 Å². The Kier molecular flexibility index (Phi) is 5.78. The number of anilines is 1. The molecule has 0 aliphatic heterocycles. The Morgan fingerprint density at radius 1 is 0.966 bits per heavy atom. The fourth-order valence-electron chi connectivity index (χ4n) is 2.92. The fourth-order valence-corrected chi connectivity index (χ4v) is 3.37. The molecule has 0 aliphatic rings. The lowest BCUT2D eigenvalue weighted by atomic mass is 10.1. The first-order valence-corrected chi connectivity index (χ1v) is 10.1. The topological polar surface area (TPSA) is 64.7 Å². The van der Waals surface area contributed by atoms with Crippen LogP contribution in [0, 0.1) is 0 Å². The number of benzene rings is 2. The quantitative estimate of drug-likeness (QED) is 0.438. The van der Waals surface area contributed by atoms with Gasteiger partial charge in [0.25, 0.3) is 5.91 Å². The van der Waals surface area contributed by atoms with Gasteiger partial charge in [-0.3, -0.25) is 14.2 Å². The molecule has 0 atom stereocenters. The zero-order valence-electron chi connectivity index (χ0n) is 15.3. The minimum absolute atomic E-state index is 0.181. The van der Waals surface area contributed by atoms with Gasteiger partial charge < -0.3 is 5.32 Å². The highest BCUT2D eigenvalue weighted by atomic mass is 79.9. The van der Waals surface area contributed by atoms with E-state index in [2.05, 4.69) is 31.4 Å². The van der Waals surface area contributed by atoms with E-state index >= 15 is 0 Å². The SMILES string of the molecule is O=C(Nc1cnn(Cc2ccc(Cl)cc2)c1)c1cccc(Cn2cc(Br)cn2)c1. The number of halogens is 2. The molecule has 29 heavy (non-hydrogen) atoms. The molecule has 4 rings (SSSR count). The number of aromatic nitrogens is 4. The normalized spacial score (nSPS) is 10.8. The molecule has 0 aliphatic carbocycles. The molecule has 6 nitrogen and oxygen atoms in total. The highest BCUT2D eigenvalue weighted by Crippen LogP contribution is 2.14. The molecule has 0 unspecified atom stereocenters. The molecular weight excluding hydrogens is 454 g/mol. The van der Waals surface area contributed by atoms with Crippen LogP contribution in [0.15, 0.2) is 77.8 Å². The summed E-state index contributed by atoms with van der Waals surface area (Å²) in [5, 5.41) is 12.1. The highest BCUT2D eigenvalue weighted by Gasteiger charge is 2.09. The van der Waals surface area contributed by atoms with E-state index in [1.54, 1.807) is 29.3 Å². The number of hydrogen-bond donors (Lipinski definition) is 1. The number of rotatable bonds is 6. The van der Waals surface area contributed by atoms with Gasteiger partial charge in [0.2, 0.25) is 0 Å². The maximum atomic E-state index is 12.6. The minimum Gasteiger partial charge on any atom is -0.319 e. The third-order valence-electron chi connectivity index (χ3n) is 4.28. The van der Waals surface area contributed by atoms with Crippen LogP contribution in [0.4, 0.5) is 5.69 Å². The second kappa shape index (κ2) is 8.63. The van der Waals surface area contributed by atoms with Crippen LogP contribution >= 0.6 is 27.5 Å². The van der Waals surface area contributed by atoms with Crippen LogP contribution in [-0.4, -0.2) is 25.5 Å². The molecule has 0 bridgehead atoms. The molecule has 0 radical (unpaired) electrons. The molecule has 0 saturated carbocycles. The molecule has 1 N–H and O–H groups in total. The van der Waals surface area contributed by atoms with Crippen LogP contribution in [0.2, 0.25) is 5.02 Å². The van der Waals surface area contributed by atoms with Gasteiger partial charge in [-0.1, -0.05) is 35.9 Å². The Bertz CT molecular complexity index is 1140. The Balaban J connectivity index is 1.41. The number of nitrogens with one attached hydrogen (secondary N) is 1. The summed E-state index contributed by atoms with van der Waals surface area (Å²) in [6, 6.07) is 15.1. The van der Waals surface area contributed by atoms with Gasteiger partial charge in [-0.2, -0.15) is 10.2 Å². The standard InChI is InChI=1S/C21H17BrClN5O/c22-18-9-24-27(13-18)12-16-2-1-3-17(8-16)21(29)26-20-10-25-28(14-20)11-15-4-6-19(23)7-5-15/h1-10,13-14H,11-12H2,(H,26,29). The first kappa shape index (κ1) is 19.4. The van der Waals surface area contributed by atoms with Gasteiger partial charge in [0.15, 0.2) is 0 Å². The van der Waals surface area contributed by atoms with E-state index in [1.807, 2.05) is 53.3 Å². The summed E-state index contributed by atoms with van der Waals surface area (Å²) >= 11 is 9.30. The third kappa shape index (κ3) is 5.13. The zero-order chi connectivity index (χ0) is 20.2. The van der Waals surface area contributed by atoms with Crippen LogP contribution in [0.3, 0.4) is 0 Å². The lowest BCUT2D eigenvalue weighted by Gasteiger charge is -2.06. The van der Waals surface area contributed by atoms with E-state index in [9.17, 15) is 4.79 Å². The van der Waals surface area contributed by atoms with Crippen molar-refractivity contribution in [2.45, 2.75) is 13.1 Å². The van der Waals surface area contributed by atoms with Crippen LogP contribution in [-0.2, 0) is 13.1 Å². The smallest absolute Gasteiger partial charge is 0.255 e. The summed E-state index contributed by atoms with van der Waals surface area (Å²) in [6.07, 6.45) is 7.07. The molecule has 2 aromatic carbocycles. The lowest BCUT2D eigenvalue weighted by molar-refractivity contribution is 0.102. The van der Waals surface area contributed by atoms with Gasteiger partial charge in [-0.05, 0) is 51.3 Å². The number of nitrogens with zero attached hydrogens (tertiary/aromatic N) is 4. The molecule has 0 fully saturated rings. The molecule has 2 heterocycles. The number of hydrogen-bond acceptors (Lipinski definition) is 3. The molecule has 1 amide bonds. The van der Waals surface area contributed by atoms with Gasteiger partial charge in [0, 0.05) is 23.0 Å². The van der Waals surface area contributed by atoms with Crippen LogP contribution in [0.1, 0.15) is 21.5 Å². The monoisotopic (exact) mass is 469 g/mol. The Labute approximate surface area is 181 Å². The van der Waals surface area contributed by atoms with Crippen molar-refractivity contribution in [2.24, 2.45) is 0 Å². The average molecular weight is 471 g/mol. The largest absolute Gasteiger partial charge is 0.319 e. The predicted molar refractivity (Wildman–Crippen MR) is 116 cm³/mol. The highest BCUT2D eigenvalue weighted by molar-refractivity contribution is 9.10. The molecule has 0 spiro atoms. The maximum Gasteiger partial charge on any atom is 0.255 e. The molecular formula is C21H17BrClN5O. The summed E-state index contributed by atoms with van der Waals surface area (Å²) in [5.74, 6) is -0.181. The summed E-state index contributed by atoms with van der Waals surface area (Å²) in [4.78, 5) is 12.6. The molecule has 4 aromatic rings. The maximum absolute atomic E-state index is 12.6. The Morgan fingerprint density at radius 3 is 2.45 bits per heavy atom. The third-order valence-corrected chi connectivity index (χ3v) is 4.95. The van der Waals surface area contributed by atoms with Crippen molar-refractivity contribution < 1.29 is 4.79 Å². The van der Waals surface area contributed by atoms with Crippen molar-refractivity contribution in [3.63, 3.8) is 0 Å². The van der Waals surface area contributed by atoms with Crippen LogP contribution in [0.5, 0.6) is 0 Å². The van der Waals surface area contributed by atoms with E-state index in [0.717, 1.165) is 15.6 Å². The molecule has 0 saturated heterocycles. The Hall–Kier alpha value is -2.90. The van der Waals surface area contributed by atoms with Crippen molar-refractivity contribution in [3.8, 4) is 0 Å². The molecule has 146 valence electrons. The lowest BCUT2D eigenvalue weighted by Crippen LogP contribution is -2.12. The Morgan fingerprint density at radius 2 is 1.69 bits per heavy atom. The van der Waals surface area contributed by atoms with E-state index < -0.39 is 0 Å². The van der Waals surface area contributed by atoms with E-state index in [1.165, 1.54) is 0 Å². The van der Waals surface area contributed by atoms with E-state index in [0.29, 0.717) is 29.4 Å². The fraction of sp³-hybridized carbons (Fsp3) is 0.0952. The van der Waals surface area contributed by atoms with Crippen molar-refractivity contribution in [3.05, 3.63) is 99.5 Å². The average Bonchev–Trinajstić information content (AvgIpc) is 3.32. The number of amides is 1. The van der Waals surface area contributed by atoms with Crippen molar-refractivity contribution in [2.75, 3.05) is 5.32 Å². The van der Waals surface area contributed by atoms with Gasteiger partial charge in [-0.15, -0.1) is 0 Å². The van der Waals surface area contributed by atoms with Gasteiger partial charge in [0.1, 0.15) is 0 Å². The molecule has 2 aromatic heterocycles.